The van der Waals surface area contributed by atoms with Crippen LogP contribution in [0.2, 0.25) is 0 Å². The van der Waals surface area contributed by atoms with Crippen molar-refractivity contribution in [3.8, 4) is 17.4 Å². The standard InChI is InChI=1S/C26H32N4OS/c1-3-14-30(24-13-12-22-17-20(19-32)10-11-23(22)18-24)15-7-16-31-26-28-27-25(29(26)2)21-8-5-4-6-9-21/h3-6,8-11,14,17,24,32H,7,12-13,15-16,18-19H2,1-2H3/b14-3+. The molecular weight excluding hydrogens is 416 g/mol. The molecule has 3 aromatic rings. The first kappa shape index (κ1) is 22.5. The van der Waals surface area contributed by atoms with Crippen molar-refractivity contribution in [2.24, 2.45) is 7.05 Å². The number of fused-ring (bicyclic) bond motifs is 1. The van der Waals surface area contributed by atoms with Crippen LogP contribution in [-0.2, 0) is 25.6 Å². The summed E-state index contributed by atoms with van der Waals surface area (Å²) in [5.74, 6) is 1.62. The summed E-state index contributed by atoms with van der Waals surface area (Å²) in [7, 11) is 1.95. The fraction of sp³-hybridized carbons (Fsp3) is 0.385. The van der Waals surface area contributed by atoms with E-state index in [9.17, 15) is 0 Å². The first-order chi connectivity index (χ1) is 15.7. The molecule has 0 saturated carbocycles. The van der Waals surface area contributed by atoms with Crippen LogP contribution in [0.25, 0.3) is 11.4 Å². The van der Waals surface area contributed by atoms with Crippen molar-refractivity contribution in [3.63, 3.8) is 0 Å². The number of rotatable bonds is 9. The molecule has 0 bridgehead atoms. The van der Waals surface area contributed by atoms with E-state index in [1.165, 1.54) is 23.1 Å². The maximum Gasteiger partial charge on any atom is 0.316 e. The van der Waals surface area contributed by atoms with Gasteiger partial charge in [0.05, 0.1) is 6.61 Å². The van der Waals surface area contributed by atoms with Crippen LogP contribution < -0.4 is 4.74 Å². The summed E-state index contributed by atoms with van der Waals surface area (Å²) in [6.45, 7) is 3.66. The van der Waals surface area contributed by atoms with E-state index in [4.69, 9.17) is 4.74 Å². The summed E-state index contributed by atoms with van der Waals surface area (Å²) in [6.07, 6.45) is 8.70. The summed E-state index contributed by atoms with van der Waals surface area (Å²) in [6, 6.07) is 18.0. The number of thiol groups is 1. The van der Waals surface area contributed by atoms with E-state index in [0.29, 0.717) is 18.7 Å². The second kappa shape index (κ2) is 10.7. The van der Waals surface area contributed by atoms with E-state index >= 15 is 0 Å². The van der Waals surface area contributed by atoms with E-state index in [2.05, 4.69) is 65.1 Å². The molecular formula is C26H32N4OS. The molecule has 1 aliphatic carbocycles. The third kappa shape index (κ3) is 5.18. The zero-order valence-electron chi connectivity index (χ0n) is 18.9. The molecule has 1 aromatic heterocycles. The van der Waals surface area contributed by atoms with E-state index in [1.54, 1.807) is 0 Å². The lowest BCUT2D eigenvalue weighted by molar-refractivity contribution is 0.214. The molecule has 0 amide bonds. The van der Waals surface area contributed by atoms with Crippen molar-refractivity contribution in [2.75, 3.05) is 13.2 Å². The van der Waals surface area contributed by atoms with E-state index < -0.39 is 0 Å². The Morgan fingerprint density at radius 1 is 1.16 bits per heavy atom. The maximum absolute atomic E-state index is 5.97. The van der Waals surface area contributed by atoms with E-state index in [1.807, 2.05) is 41.9 Å². The van der Waals surface area contributed by atoms with Crippen LogP contribution >= 0.6 is 12.6 Å². The Morgan fingerprint density at radius 3 is 2.78 bits per heavy atom. The first-order valence-corrected chi connectivity index (χ1v) is 12.0. The van der Waals surface area contributed by atoms with Gasteiger partial charge in [-0.2, -0.15) is 12.6 Å². The molecule has 1 atom stereocenters. The molecule has 1 aliphatic rings. The molecule has 1 heterocycles. The third-order valence-corrected chi connectivity index (χ3v) is 6.49. The van der Waals surface area contributed by atoms with Gasteiger partial charge in [-0.15, -0.1) is 5.10 Å². The predicted octanol–water partition coefficient (Wildman–Crippen LogP) is 5.07. The summed E-state index contributed by atoms with van der Waals surface area (Å²) < 4.78 is 7.88. The van der Waals surface area contributed by atoms with E-state index in [0.717, 1.165) is 42.9 Å². The molecule has 0 saturated heterocycles. The fourth-order valence-electron chi connectivity index (χ4n) is 4.43. The van der Waals surface area contributed by atoms with Gasteiger partial charge in [0, 0.05) is 31.0 Å². The topological polar surface area (TPSA) is 43.2 Å². The van der Waals surface area contributed by atoms with Gasteiger partial charge in [-0.3, -0.25) is 4.57 Å². The highest BCUT2D eigenvalue weighted by atomic mass is 32.1. The number of ether oxygens (including phenoxy) is 1. The molecule has 32 heavy (non-hydrogen) atoms. The van der Waals surface area contributed by atoms with Gasteiger partial charge in [0.15, 0.2) is 5.82 Å². The second-order valence-corrected chi connectivity index (χ2v) is 8.63. The minimum atomic E-state index is 0.528. The highest BCUT2D eigenvalue weighted by Crippen LogP contribution is 2.27. The highest BCUT2D eigenvalue weighted by molar-refractivity contribution is 7.79. The predicted molar refractivity (Wildman–Crippen MR) is 133 cm³/mol. The van der Waals surface area contributed by atoms with E-state index in [-0.39, 0.29) is 0 Å². The van der Waals surface area contributed by atoms with Gasteiger partial charge in [0.25, 0.3) is 0 Å². The molecule has 4 rings (SSSR count). The Morgan fingerprint density at radius 2 is 2.00 bits per heavy atom. The molecule has 5 nitrogen and oxygen atoms in total. The highest BCUT2D eigenvalue weighted by Gasteiger charge is 2.22. The van der Waals surface area contributed by atoms with Gasteiger partial charge in [-0.25, -0.2) is 0 Å². The third-order valence-electron chi connectivity index (χ3n) is 6.12. The Bertz CT molecular complexity index is 1050. The van der Waals surface area contributed by atoms with Gasteiger partial charge in [0.1, 0.15) is 0 Å². The summed E-state index contributed by atoms with van der Waals surface area (Å²) in [4.78, 5) is 2.48. The molecule has 0 aliphatic heterocycles. The molecule has 6 heteroatoms. The Kier molecular flexibility index (Phi) is 7.53. The maximum atomic E-state index is 5.97. The number of hydrogen-bond acceptors (Lipinski definition) is 5. The van der Waals surface area contributed by atoms with Gasteiger partial charge >= 0.3 is 6.01 Å². The lowest BCUT2D eigenvalue weighted by Gasteiger charge is -2.34. The Balaban J connectivity index is 1.32. The minimum absolute atomic E-state index is 0.528. The van der Waals surface area contributed by atoms with Crippen molar-refractivity contribution in [1.82, 2.24) is 19.7 Å². The fourth-order valence-corrected chi connectivity index (χ4v) is 4.63. The number of aromatic nitrogens is 3. The van der Waals surface area contributed by atoms with Crippen LogP contribution in [0.5, 0.6) is 6.01 Å². The Labute approximate surface area is 196 Å². The molecule has 0 radical (unpaired) electrons. The summed E-state index contributed by atoms with van der Waals surface area (Å²) in [5, 5.41) is 8.53. The van der Waals surface area contributed by atoms with Crippen LogP contribution in [0, 0.1) is 0 Å². The van der Waals surface area contributed by atoms with Crippen molar-refractivity contribution in [3.05, 3.63) is 77.5 Å². The zero-order valence-corrected chi connectivity index (χ0v) is 19.8. The van der Waals surface area contributed by atoms with Gasteiger partial charge in [-0.1, -0.05) is 59.7 Å². The molecule has 2 aromatic carbocycles. The average Bonchev–Trinajstić information content (AvgIpc) is 3.21. The quantitative estimate of drug-likeness (QED) is 0.366. The number of nitrogens with zero attached hydrogens (tertiary/aromatic N) is 4. The monoisotopic (exact) mass is 448 g/mol. The van der Waals surface area contributed by atoms with Crippen LogP contribution in [-0.4, -0.2) is 38.9 Å². The van der Waals surface area contributed by atoms with Crippen LogP contribution in [0.1, 0.15) is 36.5 Å². The van der Waals surface area contributed by atoms with Crippen LogP contribution in [0.4, 0.5) is 0 Å². The number of hydrogen-bond donors (Lipinski definition) is 1. The largest absolute Gasteiger partial charge is 0.464 e. The lowest BCUT2D eigenvalue weighted by Crippen LogP contribution is -2.36. The lowest BCUT2D eigenvalue weighted by atomic mass is 9.86. The minimum Gasteiger partial charge on any atom is -0.464 e. The molecule has 1 unspecified atom stereocenters. The molecule has 0 spiro atoms. The van der Waals surface area contributed by atoms with Crippen molar-refractivity contribution in [1.29, 1.82) is 0 Å². The van der Waals surface area contributed by atoms with Gasteiger partial charge < -0.3 is 9.64 Å². The SMILES string of the molecule is C/C=C/N(CCCOc1nnc(-c2ccccc2)n1C)C1CCc2cc(CS)ccc2C1. The summed E-state index contributed by atoms with van der Waals surface area (Å²) >= 11 is 4.42. The van der Waals surface area contributed by atoms with Gasteiger partial charge in [-0.05, 0) is 55.5 Å². The van der Waals surface area contributed by atoms with Crippen LogP contribution in [0.15, 0.2) is 60.8 Å². The Hall–Kier alpha value is -2.73. The molecule has 168 valence electrons. The number of benzene rings is 2. The van der Waals surface area contributed by atoms with Gasteiger partial charge in [0.2, 0.25) is 0 Å². The second-order valence-electron chi connectivity index (χ2n) is 8.31. The summed E-state index contributed by atoms with van der Waals surface area (Å²) in [5.41, 5.74) is 5.32. The van der Waals surface area contributed by atoms with Crippen molar-refractivity contribution >= 4 is 12.6 Å². The normalized spacial score (nSPS) is 15.7. The number of allylic oxidation sites excluding steroid dienone is 1. The van der Waals surface area contributed by atoms with Crippen molar-refractivity contribution in [2.45, 2.75) is 44.4 Å². The first-order valence-electron chi connectivity index (χ1n) is 11.4. The zero-order chi connectivity index (χ0) is 22.3. The average molecular weight is 449 g/mol. The van der Waals surface area contributed by atoms with Crippen LogP contribution in [0.3, 0.4) is 0 Å². The van der Waals surface area contributed by atoms with Crippen molar-refractivity contribution < 1.29 is 4.74 Å². The smallest absolute Gasteiger partial charge is 0.316 e. The molecule has 0 N–H and O–H groups in total. The molecule has 0 fully saturated rings. The number of aryl methyl sites for hydroxylation is 1.